The van der Waals surface area contributed by atoms with Crippen LogP contribution in [-0.4, -0.2) is 41.0 Å². The first-order valence-corrected chi connectivity index (χ1v) is 8.71. The van der Waals surface area contributed by atoms with Gasteiger partial charge in [0.25, 0.3) is 0 Å². The molecule has 2 atom stereocenters. The second kappa shape index (κ2) is 4.84. The Morgan fingerprint density at radius 3 is 2.52 bits per heavy atom. The summed E-state index contributed by atoms with van der Waals surface area (Å²) in [6.45, 7) is 4.24. The van der Waals surface area contributed by atoms with Crippen molar-refractivity contribution in [3.05, 3.63) is 18.0 Å². The minimum absolute atomic E-state index is 0.0212. The van der Waals surface area contributed by atoms with Gasteiger partial charge in [-0.05, 0) is 45.1 Å². The van der Waals surface area contributed by atoms with Crippen LogP contribution in [0.25, 0.3) is 0 Å². The number of sulfonamides is 1. The van der Waals surface area contributed by atoms with Gasteiger partial charge in [-0.2, -0.15) is 4.31 Å². The van der Waals surface area contributed by atoms with E-state index in [0.29, 0.717) is 12.5 Å². The maximum atomic E-state index is 12.8. The molecule has 2 unspecified atom stereocenters. The van der Waals surface area contributed by atoms with Crippen LogP contribution in [0.5, 0.6) is 0 Å². The quantitative estimate of drug-likeness (QED) is 0.921. The van der Waals surface area contributed by atoms with Crippen molar-refractivity contribution in [2.75, 3.05) is 6.54 Å². The Balaban J connectivity index is 2.00. The monoisotopic (exact) mass is 312 g/mol. The number of carboxylic acid groups (broad SMARTS) is 1. The van der Waals surface area contributed by atoms with E-state index in [1.807, 2.05) is 13.8 Å². The van der Waals surface area contributed by atoms with E-state index in [0.717, 1.165) is 19.3 Å². The maximum absolute atomic E-state index is 12.8. The second-order valence-corrected chi connectivity index (χ2v) is 8.17. The molecule has 0 radical (unpaired) electrons. The van der Waals surface area contributed by atoms with E-state index in [-0.39, 0.29) is 22.7 Å². The van der Waals surface area contributed by atoms with Crippen LogP contribution >= 0.6 is 0 Å². The lowest BCUT2D eigenvalue weighted by atomic mass is 10.1. The lowest BCUT2D eigenvalue weighted by molar-refractivity contribution is 0.0683. The fourth-order valence-electron chi connectivity index (χ4n) is 3.50. The molecular weight excluding hydrogens is 292 g/mol. The second-order valence-electron chi connectivity index (χ2n) is 6.27. The zero-order valence-electron chi connectivity index (χ0n) is 12.2. The van der Waals surface area contributed by atoms with Crippen LogP contribution in [0.15, 0.2) is 17.2 Å². The summed E-state index contributed by atoms with van der Waals surface area (Å²) < 4.78 is 28.6. The summed E-state index contributed by atoms with van der Waals surface area (Å²) in [6.07, 6.45) is 4.41. The first-order valence-electron chi connectivity index (χ1n) is 7.27. The highest BCUT2D eigenvalue weighted by Crippen LogP contribution is 2.40. The molecule has 21 heavy (non-hydrogen) atoms. The van der Waals surface area contributed by atoms with Crippen LogP contribution in [-0.2, 0) is 10.0 Å². The van der Waals surface area contributed by atoms with Crippen LogP contribution in [0.3, 0.4) is 0 Å². The van der Waals surface area contributed by atoms with Gasteiger partial charge in [0.1, 0.15) is 10.6 Å². The Kier molecular flexibility index (Phi) is 3.37. The number of aromatic carboxylic acids is 1. The largest absolute Gasteiger partial charge is 0.477 e. The van der Waals surface area contributed by atoms with Crippen molar-refractivity contribution in [2.45, 2.75) is 50.1 Å². The third-order valence-corrected chi connectivity index (χ3v) is 6.45. The normalized spacial score (nSPS) is 25.9. The number of hydrogen-bond donors (Lipinski definition) is 1. The molecule has 2 heterocycles. The highest BCUT2D eigenvalue weighted by Gasteiger charge is 2.44. The average molecular weight is 312 g/mol. The van der Waals surface area contributed by atoms with Gasteiger partial charge in [-0.15, -0.1) is 0 Å². The van der Waals surface area contributed by atoms with Gasteiger partial charge in [0.2, 0.25) is 10.0 Å². The summed E-state index contributed by atoms with van der Waals surface area (Å²) in [5.74, 6) is -0.635. The standard InChI is InChI=1S/C14H20N2O4S/c1-9(2)15-8-12(6-13(15)14(17)18)21(19,20)16-7-10-3-4-11(16)5-10/h6,8-11H,3-5,7H2,1-2H3,(H,17,18). The minimum atomic E-state index is -3.59. The summed E-state index contributed by atoms with van der Waals surface area (Å²) in [5, 5.41) is 9.23. The Bertz CT molecular complexity index is 677. The number of hydrogen-bond acceptors (Lipinski definition) is 3. The maximum Gasteiger partial charge on any atom is 0.352 e. The molecule has 6 nitrogen and oxygen atoms in total. The average Bonchev–Trinajstić information content (AvgIpc) is 3.12. The lowest BCUT2D eigenvalue weighted by Gasteiger charge is -2.25. The number of piperidine rings is 1. The predicted molar refractivity (Wildman–Crippen MR) is 76.8 cm³/mol. The minimum Gasteiger partial charge on any atom is -0.477 e. The van der Waals surface area contributed by atoms with E-state index in [2.05, 4.69) is 0 Å². The smallest absolute Gasteiger partial charge is 0.352 e. The summed E-state index contributed by atoms with van der Waals surface area (Å²) >= 11 is 0. The predicted octanol–water partition coefficient (Wildman–Crippen LogP) is 1.94. The van der Waals surface area contributed by atoms with Crippen molar-refractivity contribution in [3.63, 3.8) is 0 Å². The van der Waals surface area contributed by atoms with Crippen LogP contribution in [0.1, 0.15) is 49.6 Å². The van der Waals surface area contributed by atoms with Gasteiger partial charge in [-0.3, -0.25) is 0 Å². The topological polar surface area (TPSA) is 79.6 Å². The van der Waals surface area contributed by atoms with E-state index in [4.69, 9.17) is 0 Å². The van der Waals surface area contributed by atoms with Crippen molar-refractivity contribution in [1.82, 2.24) is 8.87 Å². The summed E-state index contributed by atoms with van der Waals surface area (Å²) in [7, 11) is -3.59. The number of carbonyl (C=O) groups is 1. The van der Waals surface area contributed by atoms with Crippen molar-refractivity contribution in [2.24, 2.45) is 5.92 Å². The number of carboxylic acids is 1. The number of rotatable bonds is 4. The molecule has 1 saturated heterocycles. The van der Waals surface area contributed by atoms with Gasteiger partial charge in [0.05, 0.1) is 0 Å². The fourth-order valence-corrected chi connectivity index (χ4v) is 5.27. The number of nitrogens with zero attached hydrogens (tertiary/aromatic N) is 2. The van der Waals surface area contributed by atoms with Crippen LogP contribution < -0.4 is 0 Å². The van der Waals surface area contributed by atoms with Gasteiger partial charge in [-0.25, -0.2) is 13.2 Å². The van der Waals surface area contributed by atoms with E-state index in [9.17, 15) is 18.3 Å². The molecule has 1 aromatic rings. The Hall–Kier alpha value is -1.34. The van der Waals surface area contributed by atoms with Crippen molar-refractivity contribution in [3.8, 4) is 0 Å². The Labute approximate surface area is 124 Å². The summed E-state index contributed by atoms with van der Waals surface area (Å²) in [6, 6.07) is 1.27. The van der Waals surface area contributed by atoms with Gasteiger partial charge >= 0.3 is 5.97 Å². The van der Waals surface area contributed by atoms with E-state index in [1.54, 1.807) is 4.31 Å². The fraction of sp³-hybridized carbons (Fsp3) is 0.643. The Morgan fingerprint density at radius 1 is 1.38 bits per heavy atom. The molecule has 1 aliphatic carbocycles. The Morgan fingerprint density at radius 2 is 2.10 bits per heavy atom. The van der Waals surface area contributed by atoms with Crippen molar-refractivity contribution < 1.29 is 18.3 Å². The molecule has 1 saturated carbocycles. The molecule has 0 aromatic carbocycles. The van der Waals surface area contributed by atoms with E-state index < -0.39 is 16.0 Å². The molecule has 116 valence electrons. The third-order valence-electron chi connectivity index (χ3n) is 4.56. The highest BCUT2D eigenvalue weighted by atomic mass is 32.2. The molecule has 3 rings (SSSR count). The number of fused-ring (bicyclic) bond motifs is 2. The van der Waals surface area contributed by atoms with Gasteiger partial charge in [0.15, 0.2) is 0 Å². The lowest BCUT2D eigenvalue weighted by Crippen LogP contribution is -2.37. The van der Waals surface area contributed by atoms with Crippen molar-refractivity contribution >= 4 is 16.0 Å². The zero-order valence-corrected chi connectivity index (χ0v) is 13.0. The number of aromatic nitrogens is 1. The molecule has 2 bridgehead atoms. The molecular formula is C14H20N2O4S. The van der Waals surface area contributed by atoms with E-state index >= 15 is 0 Å². The molecule has 0 amide bonds. The third kappa shape index (κ3) is 2.28. The molecule has 1 N–H and O–H groups in total. The molecule has 2 fully saturated rings. The van der Waals surface area contributed by atoms with E-state index in [1.165, 1.54) is 16.8 Å². The molecule has 2 aliphatic rings. The molecule has 1 aliphatic heterocycles. The molecule has 7 heteroatoms. The van der Waals surface area contributed by atoms with Gasteiger partial charge < -0.3 is 9.67 Å². The highest BCUT2D eigenvalue weighted by molar-refractivity contribution is 7.89. The first-order chi connectivity index (χ1) is 9.80. The SMILES string of the molecule is CC(C)n1cc(S(=O)(=O)N2CC3CCC2C3)cc1C(=O)O. The van der Waals surface area contributed by atoms with Gasteiger partial charge in [-0.1, -0.05) is 0 Å². The summed E-state index contributed by atoms with van der Waals surface area (Å²) in [4.78, 5) is 11.4. The van der Waals surface area contributed by atoms with Gasteiger partial charge in [0, 0.05) is 24.8 Å². The zero-order chi connectivity index (χ0) is 15.4. The first kappa shape index (κ1) is 14.6. The van der Waals surface area contributed by atoms with Crippen LogP contribution in [0.4, 0.5) is 0 Å². The molecule has 0 spiro atoms. The van der Waals surface area contributed by atoms with Crippen molar-refractivity contribution in [1.29, 1.82) is 0 Å². The summed E-state index contributed by atoms with van der Waals surface area (Å²) in [5.41, 5.74) is 0.0212. The van der Waals surface area contributed by atoms with Crippen LogP contribution in [0.2, 0.25) is 0 Å². The van der Waals surface area contributed by atoms with Crippen LogP contribution in [0, 0.1) is 5.92 Å². The molecule has 1 aromatic heterocycles.